The molecule has 80 valence electrons. The van der Waals surface area contributed by atoms with Crippen LogP contribution in [0, 0.1) is 4.91 Å². The number of hydrogen-bond acceptors (Lipinski definition) is 3. The third kappa shape index (κ3) is 3.55. The molecule has 1 N–H and O–H groups in total. The van der Waals surface area contributed by atoms with Crippen LogP contribution in [-0.2, 0) is 0 Å². The topological polar surface area (TPSA) is 61.8 Å². The van der Waals surface area contributed by atoms with Crippen LogP contribution in [0.2, 0.25) is 0 Å². The Hall–Kier alpha value is -1.62. The highest BCUT2D eigenvalue weighted by molar-refractivity contribution is 6.18. The Morgan fingerprint density at radius 3 is 2.60 bits per heavy atom. The van der Waals surface area contributed by atoms with Gasteiger partial charge in [0.2, 0.25) is 0 Å². The van der Waals surface area contributed by atoms with Gasteiger partial charge in [-0.05, 0) is 12.1 Å². The summed E-state index contributed by atoms with van der Waals surface area (Å²) in [6.45, 7) is 0.0870. The van der Waals surface area contributed by atoms with Crippen molar-refractivity contribution in [3.8, 4) is 0 Å². The molecule has 0 aliphatic heterocycles. The molecule has 0 bridgehead atoms. The van der Waals surface area contributed by atoms with Gasteiger partial charge in [0.15, 0.2) is 0 Å². The first kappa shape index (κ1) is 11.5. The zero-order valence-electron chi connectivity index (χ0n) is 7.89. The van der Waals surface area contributed by atoms with E-state index in [2.05, 4.69) is 10.6 Å². The van der Waals surface area contributed by atoms with E-state index in [1.807, 2.05) is 6.07 Å². The Morgan fingerprint density at radius 2 is 2.07 bits per heavy atom. The number of nitrogens with zero attached hydrogens (tertiary/aromatic N) is 2. The van der Waals surface area contributed by atoms with Crippen molar-refractivity contribution in [3.63, 3.8) is 0 Å². The number of anilines is 1. The van der Waals surface area contributed by atoms with Gasteiger partial charge < -0.3 is 5.32 Å². The molecular weight excluding hydrogens is 218 g/mol. The number of urea groups is 1. The van der Waals surface area contributed by atoms with Gasteiger partial charge in [0, 0.05) is 11.6 Å². The van der Waals surface area contributed by atoms with Crippen molar-refractivity contribution in [2.24, 2.45) is 5.29 Å². The smallest absolute Gasteiger partial charge is 0.306 e. The number of benzene rings is 1. The lowest BCUT2D eigenvalue weighted by Crippen LogP contribution is -2.31. The van der Waals surface area contributed by atoms with Crippen LogP contribution in [0.5, 0.6) is 0 Å². The van der Waals surface area contributed by atoms with Crippen LogP contribution >= 0.6 is 11.6 Å². The number of nitrogens with one attached hydrogen (secondary N) is 1. The number of hydrogen-bond donors (Lipinski definition) is 1. The van der Waals surface area contributed by atoms with Crippen LogP contribution in [0.4, 0.5) is 10.5 Å². The van der Waals surface area contributed by atoms with Gasteiger partial charge in [-0.15, -0.1) is 16.5 Å². The van der Waals surface area contributed by atoms with Gasteiger partial charge in [-0.2, -0.15) is 5.01 Å². The first-order valence-corrected chi connectivity index (χ1v) is 4.84. The van der Waals surface area contributed by atoms with Crippen LogP contribution in [0.25, 0.3) is 0 Å². The number of carbonyl (C=O) groups is 1. The van der Waals surface area contributed by atoms with Crippen molar-refractivity contribution in [2.75, 3.05) is 17.7 Å². The molecule has 1 aromatic rings. The maximum absolute atomic E-state index is 11.4. The van der Waals surface area contributed by atoms with Gasteiger partial charge in [0.25, 0.3) is 0 Å². The average molecular weight is 228 g/mol. The highest BCUT2D eigenvalue weighted by Crippen LogP contribution is 2.06. The predicted molar refractivity (Wildman–Crippen MR) is 58.7 cm³/mol. The Bertz CT molecular complexity index is 331. The molecule has 0 aromatic heterocycles. The average Bonchev–Trinajstić information content (AvgIpc) is 2.27. The molecule has 0 heterocycles. The van der Waals surface area contributed by atoms with Crippen LogP contribution in [0.1, 0.15) is 0 Å². The van der Waals surface area contributed by atoms with Gasteiger partial charge in [0.05, 0.1) is 11.8 Å². The van der Waals surface area contributed by atoms with Crippen molar-refractivity contribution in [1.82, 2.24) is 5.01 Å². The maximum atomic E-state index is 11.4. The summed E-state index contributed by atoms with van der Waals surface area (Å²) in [7, 11) is 0. The van der Waals surface area contributed by atoms with E-state index in [9.17, 15) is 9.70 Å². The zero-order valence-corrected chi connectivity index (χ0v) is 8.65. The first-order chi connectivity index (χ1) is 7.27. The van der Waals surface area contributed by atoms with Gasteiger partial charge in [-0.3, -0.25) is 0 Å². The van der Waals surface area contributed by atoms with Gasteiger partial charge in [-0.1, -0.05) is 18.2 Å². The maximum Gasteiger partial charge on any atom is 0.344 e. The second-order valence-corrected chi connectivity index (χ2v) is 3.07. The Labute approximate surface area is 92.0 Å². The molecule has 0 spiro atoms. The number of rotatable bonds is 4. The molecular formula is C9H10ClN3O2. The number of amides is 2. The number of carbonyl (C=O) groups excluding carboxylic acids is 1. The van der Waals surface area contributed by atoms with Crippen molar-refractivity contribution in [1.29, 1.82) is 0 Å². The minimum absolute atomic E-state index is 0.0870. The number of nitroso groups, excluding NO2 is 1. The Balaban J connectivity index is 2.58. The SMILES string of the molecule is O=NN(CCCl)C(=O)Nc1ccccc1. The third-order valence-electron chi connectivity index (χ3n) is 1.65. The molecule has 5 nitrogen and oxygen atoms in total. The number of alkyl halides is 1. The van der Waals surface area contributed by atoms with Gasteiger partial charge in [0.1, 0.15) is 0 Å². The lowest BCUT2D eigenvalue weighted by atomic mass is 10.3. The largest absolute Gasteiger partial charge is 0.344 e. The van der Waals surface area contributed by atoms with E-state index < -0.39 is 6.03 Å². The van der Waals surface area contributed by atoms with E-state index in [1.165, 1.54) is 0 Å². The standard InChI is InChI=1S/C9H10ClN3O2/c10-6-7-13(12-15)9(14)11-8-4-2-1-3-5-8/h1-5H,6-7H2,(H,11,14). The second kappa shape index (κ2) is 5.98. The fraction of sp³-hybridized carbons (Fsp3) is 0.222. The van der Waals surface area contributed by atoms with Crippen LogP contribution in [-0.4, -0.2) is 23.5 Å². The normalized spacial score (nSPS) is 9.40. The van der Waals surface area contributed by atoms with E-state index in [-0.39, 0.29) is 12.4 Å². The van der Waals surface area contributed by atoms with Gasteiger partial charge in [-0.25, -0.2) is 4.79 Å². The lowest BCUT2D eigenvalue weighted by molar-refractivity contribution is 0.216. The molecule has 6 heteroatoms. The highest BCUT2D eigenvalue weighted by Gasteiger charge is 2.12. The molecule has 1 aromatic carbocycles. The van der Waals surface area contributed by atoms with E-state index in [0.717, 1.165) is 5.01 Å². The summed E-state index contributed by atoms with van der Waals surface area (Å²) in [6, 6.07) is 8.20. The number of halogens is 1. The van der Waals surface area contributed by atoms with Crippen molar-refractivity contribution in [2.45, 2.75) is 0 Å². The second-order valence-electron chi connectivity index (χ2n) is 2.69. The molecule has 0 fully saturated rings. The third-order valence-corrected chi connectivity index (χ3v) is 1.82. The van der Waals surface area contributed by atoms with Crippen LogP contribution in [0.15, 0.2) is 35.6 Å². The molecule has 0 aliphatic carbocycles. The minimum atomic E-state index is -0.586. The minimum Gasteiger partial charge on any atom is -0.306 e. The lowest BCUT2D eigenvalue weighted by Gasteiger charge is -2.12. The summed E-state index contributed by atoms with van der Waals surface area (Å²) in [5, 5.41) is 5.81. The first-order valence-electron chi connectivity index (χ1n) is 4.30. The van der Waals surface area contributed by atoms with Crippen molar-refractivity contribution in [3.05, 3.63) is 35.2 Å². The predicted octanol–water partition coefficient (Wildman–Crippen LogP) is 2.44. The quantitative estimate of drug-likeness (QED) is 0.488. The number of para-hydroxylation sites is 1. The molecule has 0 aliphatic rings. The van der Waals surface area contributed by atoms with Crippen molar-refractivity contribution < 1.29 is 4.79 Å². The highest BCUT2D eigenvalue weighted by atomic mass is 35.5. The van der Waals surface area contributed by atoms with Gasteiger partial charge >= 0.3 is 6.03 Å². The van der Waals surface area contributed by atoms with Crippen molar-refractivity contribution >= 4 is 23.3 Å². The molecule has 2 amide bonds. The summed E-state index contributed by atoms with van der Waals surface area (Å²) in [5.41, 5.74) is 0.603. The van der Waals surface area contributed by atoms with Crippen LogP contribution in [0.3, 0.4) is 0 Å². The fourth-order valence-corrected chi connectivity index (χ4v) is 1.13. The molecule has 0 saturated heterocycles. The van der Waals surface area contributed by atoms with E-state index in [1.54, 1.807) is 24.3 Å². The van der Waals surface area contributed by atoms with E-state index in [0.29, 0.717) is 5.69 Å². The zero-order chi connectivity index (χ0) is 11.1. The monoisotopic (exact) mass is 227 g/mol. The summed E-state index contributed by atoms with van der Waals surface area (Å²) in [6.07, 6.45) is 0. The molecule has 0 saturated carbocycles. The fourth-order valence-electron chi connectivity index (χ4n) is 0.969. The van der Waals surface area contributed by atoms with E-state index >= 15 is 0 Å². The Morgan fingerprint density at radius 1 is 1.40 bits per heavy atom. The molecule has 0 radical (unpaired) electrons. The molecule has 0 atom stereocenters. The molecule has 1 rings (SSSR count). The van der Waals surface area contributed by atoms with E-state index in [4.69, 9.17) is 11.6 Å². The molecule has 0 unspecified atom stereocenters. The summed E-state index contributed by atoms with van der Waals surface area (Å²) in [4.78, 5) is 21.7. The Kier molecular flexibility index (Phi) is 4.56. The summed E-state index contributed by atoms with van der Waals surface area (Å²) in [5.74, 6) is 0.161. The van der Waals surface area contributed by atoms with Crippen LogP contribution < -0.4 is 5.32 Å². The summed E-state index contributed by atoms with van der Waals surface area (Å²) >= 11 is 5.40. The molecule has 15 heavy (non-hydrogen) atoms. The summed E-state index contributed by atoms with van der Waals surface area (Å²) < 4.78 is 0.